The maximum absolute atomic E-state index is 11.8. The normalized spacial score (nSPS) is 11.5. The number of aromatic hydroxyl groups is 1. The molecule has 0 saturated carbocycles. The monoisotopic (exact) mass is 329 g/mol. The summed E-state index contributed by atoms with van der Waals surface area (Å²) in [6.07, 6.45) is -0.106. The molecule has 0 fully saturated rings. The topological polar surface area (TPSA) is 95.9 Å². The minimum Gasteiger partial charge on any atom is -0.508 e. The van der Waals surface area contributed by atoms with Gasteiger partial charge in [0.2, 0.25) is 0 Å². The predicted octanol–water partition coefficient (Wildman–Crippen LogP) is 2.36. The third kappa shape index (κ3) is 5.64. The summed E-state index contributed by atoms with van der Waals surface area (Å²) in [5.41, 5.74) is 1.72. The molecule has 0 aromatic heterocycles. The van der Waals surface area contributed by atoms with Crippen molar-refractivity contribution in [1.82, 2.24) is 5.32 Å². The Morgan fingerprint density at radius 3 is 2.29 bits per heavy atom. The molecule has 0 bridgehead atoms. The molecule has 0 radical (unpaired) electrons. The van der Waals surface area contributed by atoms with Crippen LogP contribution in [0.5, 0.6) is 5.75 Å². The lowest BCUT2D eigenvalue weighted by Gasteiger charge is -2.14. The SMILES string of the molecule is O=C(N[C@@H](Cc1ccc(O)cc1)C(=O)O)OCCc1ccccc1. The fraction of sp³-hybridized carbons (Fsp3) is 0.222. The first-order chi connectivity index (χ1) is 11.5. The van der Waals surface area contributed by atoms with Crippen LogP contribution in [0.15, 0.2) is 54.6 Å². The van der Waals surface area contributed by atoms with Crippen molar-refractivity contribution in [3.05, 3.63) is 65.7 Å². The molecule has 0 aliphatic rings. The highest BCUT2D eigenvalue weighted by Gasteiger charge is 2.21. The standard InChI is InChI=1S/C18H19NO5/c20-15-8-6-14(7-9-15)12-16(17(21)22)19-18(23)24-11-10-13-4-2-1-3-5-13/h1-9,16,20H,10-12H2,(H,19,23)(H,21,22)/t16-/m0/s1. The van der Waals surface area contributed by atoms with Crippen LogP contribution < -0.4 is 5.32 Å². The Kier molecular flexibility index (Phi) is 6.19. The zero-order valence-corrected chi connectivity index (χ0v) is 13.0. The number of carbonyl (C=O) groups is 2. The Labute approximate surface area is 139 Å². The first-order valence-electron chi connectivity index (χ1n) is 7.52. The van der Waals surface area contributed by atoms with Gasteiger partial charge in [-0.05, 0) is 23.3 Å². The average molecular weight is 329 g/mol. The van der Waals surface area contributed by atoms with Crippen molar-refractivity contribution < 1.29 is 24.5 Å². The number of amides is 1. The van der Waals surface area contributed by atoms with Gasteiger partial charge in [-0.1, -0.05) is 42.5 Å². The first-order valence-corrected chi connectivity index (χ1v) is 7.52. The van der Waals surface area contributed by atoms with Crippen LogP contribution in [0.2, 0.25) is 0 Å². The average Bonchev–Trinajstić information content (AvgIpc) is 2.57. The third-order valence-corrected chi connectivity index (χ3v) is 3.43. The molecule has 2 aromatic carbocycles. The van der Waals surface area contributed by atoms with Gasteiger partial charge in [-0.2, -0.15) is 0 Å². The second-order valence-corrected chi connectivity index (χ2v) is 5.28. The summed E-state index contributed by atoms with van der Waals surface area (Å²) in [6, 6.07) is 14.6. The minimum absolute atomic E-state index is 0.0962. The van der Waals surface area contributed by atoms with Crippen molar-refractivity contribution in [2.45, 2.75) is 18.9 Å². The van der Waals surface area contributed by atoms with Gasteiger partial charge in [0.25, 0.3) is 0 Å². The quantitative estimate of drug-likeness (QED) is 0.725. The zero-order valence-electron chi connectivity index (χ0n) is 13.0. The number of aliphatic carboxylic acids is 1. The number of hydrogen-bond donors (Lipinski definition) is 3. The fourth-order valence-electron chi connectivity index (χ4n) is 2.16. The largest absolute Gasteiger partial charge is 0.508 e. The number of alkyl carbamates (subject to hydrolysis) is 1. The maximum atomic E-state index is 11.8. The molecule has 1 amide bonds. The number of rotatable bonds is 7. The van der Waals surface area contributed by atoms with Gasteiger partial charge in [0.05, 0.1) is 6.61 Å². The molecule has 3 N–H and O–H groups in total. The molecular formula is C18H19NO5. The number of phenols is 1. The summed E-state index contributed by atoms with van der Waals surface area (Å²) in [4.78, 5) is 23.0. The number of carbonyl (C=O) groups excluding carboxylic acids is 1. The Morgan fingerprint density at radius 1 is 1.00 bits per heavy atom. The van der Waals surface area contributed by atoms with Crippen molar-refractivity contribution in [1.29, 1.82) is 0 Å². The Balaban J connectivity index is 1.82. The van der Waals surface area contributed by atoms with Gasteiger partial charge >= 0.3 is 12.1 Å². The van der Waals surface area contributed by atoms with E-state index in [4.69, 9.17) is 4.74 Å². The molecule has 0 unspecified atom stereocenters. The van der Waals surface area contributed by atoms with Crippen LogP contribution in [0.3, 0.4) is 0 Å². The van der Waals surface area contributed by atoms with E-state index in [1.807, 2.05) is 30.3 Å². The van der Waals surface area contributed by atoms with E-state index in [0.29, 0.717) is 12.0 Å². The molecule has 126 valence electrons. The van der Waals surface area contributed by atoms with Gasteiger partial charge in [-0.15, -0.1) is 0 Å². The summed E-state index contributed by atoms with van der Waals surface area (Å²) >= 11 is 0. The number of phenolic OH excluding ortho intramolecular Hbond substituents is 1. The number of carboxylic acids is 1. The van der Waals surface area contributed by atoms with Crippen LogP contribution in [0.4, 0.5) is 4.79 Å². The summed E-state index contributed by atoms with van der Waals surface area (Å²) in [5.74, 6) is -1.05. The zero-order chi connectivity index (χ0) is 17.4. The van der Waals surface area contributed by atoms with Crippen LogP contribution in [0, 0.1) is 0 Å². The van der Waals surface area contributed by atoms with E-state index in [1.165, 1.54) is 12.1 Å². The number of hydrogen-bond acceptors (Lipinski definition) is 4. The van der Waals surface area contributed by atoms with Crippen molar-refractivity contribution >= 4 is 12.1 Å². The smallest absolute Gasteiger partial charge is 0.407 e. The summed E-state index contributed by atoms with van der Waals surface area (Å²) in [7, 11) is 0. The number of carboxylic acid groups (broad SMARTS) is 1. The molecule has 24 heavy (non-hydrogen) atoms. The van der Waals surface area contributed by atoms with E-state index in [1.54, 1.807) is 12.1 Å². The van der Waals surface area contributed by atoms with E-state index >= 15 is 0 Å². The summed E-state index contributed by atoms with van der Waals surface area (Å²) in [6.45, 7) is 0.168. The third-order valence-electron chi connectivity index (χ3n) is 3.43. The highest BCUT2D eigenvalue weighted by Crippen LogP contribution is 2.11. The van der Waals surface area contributed by atoms with E-state index in [2.05, 4.69) is 5.32 Å². The Morgan fingerprint density at radius 2 is 1.67 bits per heavy atom. The predicted molar refractivity (Wildman–Crippen MR) is 87.9 cm³/mol. The van der Waals surface area contributed by atoms with Crippen LogP contribution in [0.25, 0.3) is 0 Å². The second-order valence-electron chi connectivity index (χ2n) is 5.28. The van der Waals surface area contributed by atoms with Crippen molar-refractivity contribution in [3.8, 4) is 5.75 Å². The lowest BCUT2D eigenvalue weighted by molar-refractivity contribution is -0.139. The van der Waals surface area contributed by atoms with Crippen molar-refractivity contribution in [3.63, 3.8) is 0 Å². The van der Waals surface area contributed by atoms with Gasteiger partial charge in [0.15, 0.2) is 0 Å². The molecule has 0 aliphatic carbocycles. The number of benzene rings is 2. The van der Waals surface area contributed by atoms with Gasteiger partial charge in [0.1, 0.15) is 11.8 Å². The molecule has 6 nitrogen and oxygen atoms in total. The molecule has 0 spiro atoms. The minimum atomic E-state index is -1.15. The molecule has 0 heterocycles. The number of nitrogens with one attached hydrogen (secondary N) is 1. The molecule has 6 heteroatoms. The van der Waals surface area contributed by atoms with Crippen molar-refractivity contribution in [2.75, 3.05) is 6.61 Å². The summed E-state index contributed by atoms with van der Waals surface area (Å²) < 4.78 is 5.03. The number of ether oxygens (including phenoxy) is 1. The fourth-order valence-corrected chi connectivity index (χ4v) is 2.16. The Hall–Kier alpha value is -3.02. The molecule has 1 atom stereocenters. The van der Waals surface area contributed by atoms with E-state index in [-0.39, 0.29) is 18.8 Å². The Bertz CT molecular complexity index is 670. The highest BCUT2D eigenvalue weighted by molar-refractivity contribution is 5.80. The molecule has 0 saturated heterocycles. The van der Waals surface area contributed by atoms with Crippen LogP contribution in [-0.4, -0.2) is 34.9 Å². The van der Waals surface area contributed by atoms with Crippen LogP contribution in [0.1, 0.15) is 11.1 Å². The van der Waals surface area contributed by atoms with Crippen molar-refractivity contribution in [2.24, 2.45) is 0 Å². The molecule has 2 rings (SSSR count). The molecule has 0 aliphatic heterocycles. The van der Waals surface area contributed by atoms with E-state index < -0.39 is 18.1 Å². The lowest BCUT2D eigenvalue weighted by Crippen LogP contribution is -2.42. The highest BCUT2D eigenvalue weighted by atomic mass is 16.5. The van der Waals surface area contributed by atoms with Crippen LogP contribution >= 0.6 is 0 Å². The van der Waals surface area contributed by atoms with Gasteiger partial charge in [0, 0.05) is 12.8 Å². The molecular weight excluding hydrogens is 310 g/mol. The van der Waals surface area contributed by atoms with Gasteiger partial charge in [-0.3, -0.25) is 0 Å². The maximum Gasteiger partial charge on any atom is 0.407 e. The summed E-state index contributed by atoms with van der Waals surface area (Å²) in [5, 5.41) is 20.8. The van der Waals surface area contributed by atoms with Gasteiger partial charge < -0.3 is 20.3 Å². The van der Waals surface area contributed by atoms with E-state index in [9.17, 15) is 19.8 Å². The molecule has 2 aromatic rings. The van der Waals surface area contributed by atoms with E-state index in [0.717, 1.165) is 5.56 Å². The van der Waals surface area contributed by atoms with Crippen LogP contribution in [-0.2, 0) is 22.4 Å². The lowest BCUT2D eigenvalue weighted by atomic mass is 10.1. The first kappa shape index (κ1) is 17.3. The second kappa shape index (κ2) is 8.57. The van der Waals surface area contributed by atoms with Gasteiger partial charge in [-0.25, -0.2) is 9.59 Å².